The molecule has 124 valence electrons. The molecule has 0 radical (unpaired) electrons. The molecular weight excluding hydrogens is 308 g/mol. The number of allylic oxidation sites excluding steroid dienone is 2. The Hall–Kier alpha value is -3.28. The van der Waals surface area contributed by atoms with E-state index in [4.69, 9.17) is 4.74 Å². The predicted molar refractivity (Wildman–Crippen MR) is 89.8 cm³/mol. The molecule has 6 heteroatoms. The van der Waals surface area contributed by atoms with Crippen molar-refractivity contribution >= 4 is 11.7 Å². The zero-order chi connectivity index (χ0) is 17.5. The average molecular weight is 326 g/mol. The molecule has 0 saturated carbocycles. The fourth-order valence-corrected chi connectivity index (χ4v) is 1.98. The normalized spacial score (nSPS) is 10.8. The zero-order valence-electron chi connectivity index (χ0n) is 13.4. The number of benzene rings is 2. The molecule has 0 atom stereocenters. The first-order valence-electron chi connectivity index (χ1n) is 7.22. The van der Waals surface area contributed by atoms with E-state index in [1.165, 1.54) is 25.3 Å². The Morgan fingerprint density at radius 2 is 1.83 bits per heavy atom. The van der Waals surface area contributed by atoms with Gasteiger partial charge < -0.3 is 15.3 Å². The highest BCUT2D eigenvalue weighted by Gasteiger charge is 2.10. The van der Waals surface area contributed by atoms with Gasteiger partial charge in [0, 0.05) is 17.3 Å². The number of hydrogen-bond acceptors (Lipinski definition) is 5. The minimum Gasteiger partial charge on any atom is -0.507 e. The van der Waals surface area contributed by atoms with E-state index in [1.807, 2.05) is 0 Å². The van der Waals surface area contributed by atoms with Crippen LogP contribution >= 0.6 is 0 Å². The highest BCUT2D eigenvalue weighted by atomic mass is 16.5. The molecule has 0 aliphatic carbocycles. The summed E-state index contributed by atoms with van der Waals surface area (Å²) in [5.74, 6) is -0.260. The van der Waals surface area contributed by atoms with E-state index in [0.717, 1.165) is 0 Å². The number of hydrazine groups is 1. The Morgan fingerprint density at radius 3 is 2.54 bits per heavy atom. The van der Waals surface area contributed by atoms with E-state index >= 15 is 0 Å². The zero-order valence-corrected chi connectivity index (χ0v) is 13.4. The number of carbonyl (C=O) groups excluding carboxylic acids is 2. The van der Waals surface area contributed by atoms with Gasteiger partial charge in [-0.2, -0.15) is 0 Å². The number of methoxy groups -OCH3 is 1. The lowest BCUT2D eigenvalue weighted by Gasteiger charge is -2.09. The average Bonchev–Trinajstić information content (AvgIpc) is 2.60. The molecule has 0 fully saturated rings. The Labute approximate surface area is 139 Å². The van der Waals surface area contributed by atoms with Gasteiger partial charge in [-0.3, -0.25) is 15.0 Å². The molecule has 0 spiro atoms. The van der Waals surface area contributed by atoms with Crippen molar-refractivity contribution in [1.29, 1.82) is 0 Å². The fraction of sp³-hybridized carbons (Fsp3) is 0.111. The number of hydrogen-bond donors (Lipinski definition) is 3. The van der Waals surface area contributed by atoms with Gasteiger partial charge in [-0.25, -0.2) is 0 Å². The van der Waals surface area contributed by atoms with E-state index < -0.39 is 5.91 Å². The number of carbonyl (C=O) groups is 2. The number of phenolic OH excluding ortho intramolecular Hbond substituents is 1. The Bertz CT molecular complexity index is 784. The summed E-state index contributed by atoms with van der Waals surface area (Å²) in [5.41, 5.74) is 6.12. The summed E-state index contributed by atoms with van der Waals surface area (Å²) in [7, 11) is 1.53. The maximum absolute atomic E-state index is 12.2. The van der Waals surface area contributed by atoms with Crippen molar-refractivity contribution in [3.63, 3.8) is 0 Å². The molecule has 6 nitrogen and oxygen atoms in total. The topological polar surface area (TPSA) is 87.7 Å². The van der Waals surface area contributed by atoms with Crippen LogP contribution in [0.25, 0.3) is 0 Å². The quantitative estimate of drug-likeness (QED) is 0.431. The van der Waals surface area contributed by atoms with Gasteiger partial charge >= 0.3 is 0 Å². The monoisotopic (exact) mass is 326 g/mol. The molecule has 3 N–H and O–H groups in total. The van der Waals surface area contributed by atoms with Gasteiger partial charge in [0.15, 0.2) is 5.78 Å². The van der Waals surface area contributed by atoms with Crippen LogP contribution in [0, 0.1) is 0 Å². The second kappa shape index (κ2) is 7.82. The third-order valence-electron chi connectivity index (χ3n) is 3.22. The number of ether oxygens (including phenoxy) is 1. The van der Waals surface area contributed by atoms with Gasteiger partial charge in [-0.1, -0.05) is 24.3 Å². The third kappa shape index (κ3) is 4.36. The molecule has 0 saturated heterocycles. The first kappa shape index (κ1) is 17.1. The largest absolute Gasteiger partial charge is 0.507 e. The fourth-order valence-electron chi connectivity index (χ4n) is 1.98. The molecule has 24 heavy (non-hydrogen) atoms. The lowest BCUT2D eigenvalue weighted by Crippen LogP contribution is -2.36. The number of aromatic hydroxyl groups is 1. The van der Waals surface area contributed by atoms with Crippen LogP contribution < -0.4 is 15.6 Å². The second-order valence-corrected chi connectivity index (χ2v) is 5.02. The number of nitrogens with one attached hydrogen (secondary N) is 2. The molecule has 0 bridgehead atoms. The van der Waals surface area contributed by atoms with Crippen LogP contribution in [-0.2, 0) is 0 Å². The number of amides is 1. The Kier molecular flexibility index (Phi) is 5.57. The van der Waals surface area contributed by atoms with Crippen molar-refractivity contribution in [2.45, 2.75) is 6.92 Å². The lowest BCUT2D eigenvalue weighted by molar-refractivity contribution is 0.0934. The summed E-state index contributed by atoms with van der Waals surface area (Å²) in [6.07, 6.45) is 1.36. The molecule has 0 aliphatic rings. The number of phenols is 1. The summed E-state index contributed by atoms with van der Waals surface area (Å²) < 4.78 is 5.08. The van der Waals surface area contributed by atoms with Crippen molar-refractivity contribution in [3.05, 3.63) is 71.4 Å². The highest BCUT2D eigenvalue weighted by Crippen LogP contribution is 2.15. The molecule has 0 heterocycles. The molecule has 0 unspecified atom stereocenters. The maximum Gasteiger partial charge on any atom is 0.273 e. The second-order valence-electron chi connectivity index (χ2n) is 5.02. The third-order valence-corrected chi connectivity index (χ3v) is 3.22. The molecule has 2 aromatic carbocycles. The van der Waals surface area contributed by atoms with E-state index in [2.05, 4.69) is 10.9 Å². The van der Waals surface area contributed by atoms with Crippen LogP contribution in [0.5, 0.6) is 11.5 Å². The van der Waals surface area contributed by atoms with Gasteiger partial charge in [-0.15, -0.1) is 0 Å². The number of rotatable bonds is 6. The predicted octanol–water partition coefficient (Wildman–Crippen LogP) is 2.42. The summed E-state index contributed by atoms with van der Waals surface area (Å²) in [4.78, 5) is 24.1. The van der Waals surface area contributed by atoms with Gasteiger partial charge in [0.25, 0.3) is 5.91 Å². The van der Waals surface area contributed by atoms with Crippen molar-refractivity contribution in [2.24, 2.45) is 0 Å². The van der Waals surface area contributed by atoms with Gasteiger partial charge in [0.1, 0.15) is 11.5 Å². The van der Waals surface area contributed by atoms with E-state index in [9.17, 15) is 14.7 Å². The highest BCUT2D eigenvalue weighted by molar-refractivity contribution is 6.05. The van der Waals surface area contributed by atoms with Gasteiger partial charge in [-0.05, 0) is 31.2 Å². The van der Waals surface area contributed by atoms with E-state index in [0.29, 0.717) is 17.0 Å². The first-order valence-corrected chi connectivity index (χ1v) is 7.22. The van der Waals surface area contributed by atoms with Crippen molar-refractivity contribution in [2.75, 3.05) is 7.11 Å². The number of para-hydroxylation sites is 1. The standard InChI is InChI=1S/C18H18N2O4/c1-12(10-17(22)13-6-5-7-14(11-13)24-2)19-20-18(23)15-8-3-4-9-16(15)21/h3-11,19,21H,1-2H3,(H,20,23)/b12-10+. The van der Waals surface area contributed by atoms with Crippen LogP contribution in [0.2, 0.25) is 0 Å². The summed E-state index contributed by atoms with van der Waals surface area (Å²) in [6.45, 7) is 1.64. The van der Waals surface area contributed by atoms with Crippen LogP contribution in [0.4, 0.5) is 0 Å². The molecule has 2 aromatic rings. The minimum atomic E-state index is -0.505. The molecule has 0 aliphatic heterocycles. The summed E-state index contributed by atoms with van der Waals surface area (Å²) in [6, 6.07) is 13.0. The minimum absolute atomic E-state index is 0.120. The first-order chi connectivity index (χ1) is 11.5. The lowest BCUT2D eigenvalue weighted by atomic mass is 10.1. The molecule has 2 rings (SSSR count). The number of ketones is 1. The van der Waals surface area contributed by atoms with Gasteiger partial charge in [0.2, 0.25) is 0 Å². The van der Waals surface area contributed by atoms with Crippen LogP contribution in [0.1, 0.15) is 27.6 Å². The summed E-state index contributed by atoms with van der Waals surface area (Å²) in [5, 5.41) is 9.62. The molecule has 1 amide bonds. The molecule has 0 aromatic heterocycles. The summed E-state index contributed by atoms with van der Waals surface area (Å²) >= 11 is 0. The van der Waals surface area contributed by atoms with Crippen molar-refractivity contribution in [3.8, 4) is 11.5 Å². The smallest absolute Gasteiger partial charge is 0.273 e. The van der Waals surface area contributed by atoms with Crippen molar-refractivity contribution in [1.82, 2.24) is 10.9 Å². The SMILES string of the molecule is COc1cccc(C(=O)/C=C(\C)NNC(=O)c2ccccc2O)c1. The Balaban J connectivity index is 1.99. The van der Waals surface area contributed by atoms with E-state index in [-0.39, 0.29) is 17.1 Å². The van der Waals surface area contributed by atoms with E-state index in [1.54, 1.807) is 43.3 Å². The molecular formula is C18H18N2O4. The Morgan fingerprint density at radius 1 is 1.08 bits per heavy atom. The van der Waals surface area contributed by atoms with Gasteiger partial charge in [0.05, 0.1) is 12.7 Å². The maximum atomic E-state index is 12.2. The van der Waals surface area contributed by atoms with Crippen molar-refractivity contribution < 1.29 is 19.4 Å². The van der Waals surface area contributed by atoms with Crippen LogP contribution in [0.15, 0.2) is 60.3 Å². The van der Waals surface area contributed by atoms with Crippen LogP contribution in [-0.4, -0.2) is 23.9 Å². The van der Waals surface area contributed by atoms with Crippen LogP contribution in [0.3, 0.4) is 0 Å².